The van der Waals surface area contributed by atoms with Gasteiger partial charge in [-0.05, 0) is 56.2 Å². The van der Waals surface area contributed by atoms with Gasteiger partial charge in [0.05, 0.1) is 12.2 Å². The summed E-state index contributed by atoms with van der Waals surface area (Å²) < 4.78 is 2.10. The lowest BCUT2D eigenvalue weighted by molar-refractivity contribution is 0.0679. The molecule has 2 aromatic heterocycles. The summed E-state index contributed by atoms with van der Waals surface area (Å²) >= 11 is 0. The Labute approximate surface area is 189 Å². The van der Waals surface area contributed by atoms with Crippen LogP contribution < -0.4 is 5.43 Å². The van der Waals surface area contributed by atoms with E-state index in [4.69, 9.17) is 0 Å². The Morgan fingerprint density at radius 3 is 2.59 bits per heavy atom. The zero-order valence-corrected chi connectivity index (χ0v) is 19.0. The smallest absolute Gasteiger partial charge is 0.259 e. The first kappa shape index (κ1) is 22.0. The quantitative estimate of drug-likeness (QED) is 0.588. The lowest BCUT2D eigenvalue weighted by Crippen LogP contribution is -2.42. The maximum absolute atomic E-state index is 13.6. The Bertz CT molecular complexity index is 1120. The predicted octanol–water partition coefficient (Wildman–Crippen LogP) is 4.26. The molecule has 1 saturated heterocycles. The van der Waals surface area contributed by atoms with Crippen molar-refractivity contribution in [3.8, 4) is 0 Å². The fourth-order valence-electron chi connectivity index (χ4n) is 4.63. The fourth-order valence-corrected chi connectivity index (χ4v) is 4.63. The average molecular weight is 430 g/mol. The second-order valence-electron chi connectivity index (χ2n) is 8.86. The lowest BCUT2D eigenvalue weighted by atomic mass is 9.97. The van der Waals surface area contributed by atoms with Gasteiger partial charge in [-0.15, -0.1) is 0 Å². The lowest BCUT2D eigenvalue weighted by Gasteiger charge is -2.32. The minimum atomic E-state index is -0.175. The number of amides is 1. The topological polar surface area (TPSA) is 55.2 Å². The Hall–Kier alpha value is -3.21. The van der Waals surface area contributed by atoms with E-state index in [1.165, 1.54) is 5.56 Å². The molecule has 5 nitrogen and oxygen atoms in total. The number of likely N-dealkylation sites (tertiary alicyclic amines) is 1. The Kier molecular flexibility index (Phi) is 6.84. The summed E-state index contributed by atoms with van der Waals surface area (Å²) in [6, 6.07) is 17.7. The third-order valence-electron chi connectivity index (χ3n) is 6.32. The van der Waals surface area contributed by atoms with Gasteiger partial charge in [0.15, 0.2) is 5.43 Å². The first-order valence-electron chi connectivity index (χ1n) is 11.5. The van der Waals surface area contributed by atoms with E-state index in [1.807, 2.05) is 48.2 Å². The predicted molar refractivity (Wildman–Crippen MR) is 127 cm³/mol. The molecule has 1 unspecified atom stereocenters. The standard InChI is InChI=1S/C27H31N3O2/c1-20-9-8-16-29(18-20)27(32)26-24(14-13-22-10-4-3-5-11-22)30(21(2)17-25(26)31)19-23-12-6-7-15-28-23/h3-7,10-12,15,17,20H,8-9,13-14,16,18-19H2,1-2H3. The second-order valence-corrected chi connectivity index (χ2v) is 8.86. The van der Waals surface area contributed by atoms with Crippen LogP contribution in [0.1, 0.15) is 52.8 Å². The molecule has 5 heteroatoms. The van der Waals surface area contributed by atoms with E-state index in [0.29, 0.717) is 31.0 Å². The molecule has 0 spiro atoms. The molecule has 4 rings (SSSR count). The van der Waals surface area contributed by atoms with Gasteiger partial charge < -0.3 is 9.47 Å². The zero-order chi connectivity index (χ0) is 22.5. The van der Waals surface area contributed by atoms with E-state index in [2.05, 4.69) is 28.6 Å². The molecular weight excluding hydrogens is 398 g/mol. The molecule has 32 heavy (non-hydrogen) atoms. The van der Waals surface area contributed by atoms with Crippen molar-refractivity contribution in [2.45, 2.75) is 46.1 Å². The summed E-state index contributed by atoms with van der Waals surface area (Å²) in [5.74, 6) is 0.334. The number of hydrogen-bond donors (Lipinski definition) is 0. The van der Waals surface area contributed by atoms with Crippen LogP contribution in [0.4, 0.5) is 0 Å². The second kappa shape index (κ2) is 9.94. The number of pyridine rings is 2. The minimum Gasteiger partial charge on any atom is -0.342 e. The number of piperidine rings is 1. The van der Waals surface area contributed by atoms with Gasteiger partial charge in [-0.3, -0.25) is 14.6 Å². The molecule has 3 aromatic rings. The van der Waals surface area contributed by atoms with Crippen LogP contribution in [0.5, 0.6) is 0 Å². The monoisotopic (exact) mass is 429 g/mol. The van der Waals surface area contributed by atoms with Gasteiger partial charge in [0, 0.05) is 36.7 Å². The van der Waals surface area contributed by atoms with Crippen molar-refractivity contribution in [1.82, 2.24) is 14.5 Å². The van der Waals surface area contributed by atoms with Crippen molar-refractivity contribution < 1.29 is 4.79 Å². The average Bonchev–Trinajstić information content (AvgIpc) is 2.80. The van der Waals surface area contributed by atoms with Gasteiger partial charge in [-0.2, -0.15) is 0 Å². The van der Waals surface area contributed by atoms with Gasteiger partial charge in [0.2, 0.25) is 0 Å². The van der Waals surface area contributed by atoms with Crippen LogP contribution in [0.25, 0.3) is 0 Å². The van der Waals surface area contributed by atoms with Crippen LogP contribution in [0.2, 0.25) is 0 Å². The maximum Gasteiger partial charge on any atom is 0.259 e. The molecule has 166 valence electrons. The molecule has 0 bridgehead atoms. The van der Waals surface area contributed by atoms with Gasteiger partial charge in [0.25, 0.3) is 5.91 Å². The summed E-state index contributed by atoms with van der Waals surface area (Å²) in [7, 11) is 0. The van der Waals surface area contributed by atoms with Crippen molar-refractivity contribution in [3.63, 3.8) is 0 Å². The van der Waals surface area contributed by atoms with E-state index in [0.717, 1.165) is 42.9 Å². The summed E-state index contributed by atoms with van der Waals surface area (Å²) in [4.78, 5) is 33.1. The summed E-state index contributed by atoms with van der Waals surface area (Å²) in [6.07, 6.45) is 5.28. The van der Waals surface area contributed by atoms with Crippen molar-refractivity contribution in [2.24, 2.45) is 5.92 Å². The van der Waals surface area contributed by atoms with E-state index >= 15 is 0 Å². The van der Waals surface area contributed by atoms with Crippen LogP contribution in [-0.2, 0) is 19.4 Å². The van der Waals surface area contributed by atoms with Crippen molar-refractivity contribution in [3.05, 3.63) is 99.2 Å². The largest absolute Gasteiger partial charge is 0.342 e. The van der Waals surface area contributed by atoms with Crippen LogP contribution in [0, 0.1) is 12.8 Å². The molecule has 0 saturated carbocycles. The molecule has 1 aliphatic heterocycles. The number of carbonyl (C=O) groups excluding carboxylic acids is 1. The van der Waals surface area contributed by atoms with Gasteiger partial charge >= 0.3 is 0 Å². The van der Waals surface area contributed by atoms with E-state index in [-0.39, 0.29) is 11.3 Å². The van der Waals surface area contributed by atoms with Crippen LogP contribution in [-0.4, -0.2) is 33.4 Å². The van der Waals surface area contributed by atoms with Gasteiger partial charge in [-0.1, -0.05) is 43.3 Å². The third kappa shape index (κ3) is 4.98. The fraction of sp³-hybridized carbons (Fsp3) is 0.370. The van der Waals surface area contributed by atoms with E-state index in [9.17, 15) is 9.59 Å². The molecule has 1 aromatic carbocycles. The molecule has 1 aliphatic rings. The van der Waals surface area contributed by atoms with Crippen molar-refractivity contribution in [2.75, 3.05) is 13.1 Å². The number of aromatic nitrogens is 2. The maximum atomic E-state index is 13.6. The third-order valence-corrected chi connectivity index (χ3v) is 6.32. The molecule has 1 amide bonds. The molecule has 0 radical (unpaired) electrons. The number of nitrogens with zero attached hydrogens (tertiary/aromatic N) is 3. The van der Waals surface area contributed by atoms with Crippen LogP contribution >= 0.6 is 0 Å². The highest BCUT2D eigenvalue weighted by atomic mass is 16.2. The Morgan fingerprint density at radius 1 is 1.09 bits per heavy atom. The molecule has 1 fully saturated rings. The summed E-state index contributed by atoms with van der Waals surface area (Å²) in [6.45, 7) is 6.07. The number of hydrogen-bond acceptors (Lipinski definition) is 3. The highest BCUT2D eigenvalue weighted by Crippen LogP contribution is 2.21. The number of rotatable bonds is 6. The zero-order valence-electron chi connectivity index (χ0n) is 19.0. The van der Waals surface area contributed by atoms with Crippen LogP contribution in [0.3, 0.4) is 0 Å². The van der Waals surface area contributed by atoms with E-state index in [1.54, 1.807) is 12.3 Å². The first-order chi connectivity index (χ1) is 15.5. The van der Waals surface area contributed by atoms with Crippen molar-refractivity contribution in [1.29, 1.82) is 0 Å². The Balaban J connectivity index is 1.76. The van der Waals surface area contributed by atoms with E-state index < -0.39 is 0 Å². The van der Waals surface area contributed by atoms with Gasteiger partial charge in [0.1, 0.15) is 5.56 Å². The first-order valence-corrected chi connectivity index (χ1v) is 11.5. The van der Waals surface area contributed by atoms with Crippen molar-refractivity contribution >= 4 is 5.91 Å². The molecule has 0 aliphatic carbocycles. The number of aryl methyl sites for hydroxylation is 2. The normalized spacial score (nSPS) is 16.2. The Morgan fingerprint density at radius 2 is 1.88 bits per heavy atom. The number of carbonyl (C=O) groups is 1. The van der Waals surface area contributed by atoms with Gasteiger partial charge in [-0.25, -0.2) is 0 Å². The SMILES string of the molecule is Cc1cc(=O)c(C(=O)N2CCCC(C)C2)c(CCc2ccccc2)n1Cc1ccccn1. The highest BCUT2D eigenvalue weighted by Gasteiger charge is 2.27. The molecule has 1 atom stereocenters. The highest BCUT2D eigenvalue weighted by molar-refractivity contribution is 5.95. The number of benzene rings is 1. The van der Waals surface area contributed by atoms with Crippen LogP contribution in [0.15, 0.2) is 65.6 Å². The summed E-state index contributed by atoms with van der Waals surface area (Å²) in [5, 5.41) is 0. The molecule has 3 heterocycles. The minimum absolute atomic E-state index is 0.126. The molecule has 0 N–H and O–H groups in total. The molecular formula is C27H31N3O2. The summed E-state index contributed by atoms with van der Waals surface area (Å²) in [5.41, 5.74) is 3.92.